The van der Waals surface area contributed by atoms with Gasteiger partial charge < -0.3 is 16.9 Å². The topological polar surface area (TPSA) is 23.8 Å². The second-order valence-electron chi connectivity index (χ2n) is 5.50. The third-order valence-corrected chi connectivity index (χ3v) is 4.05. The van der Waals surface area contributed by atoms with Crippen LogP contribution in [0.4, 0.5) is 0 Å². The smallest absolute Gasteiger partial charge is 0.139 e. The molecule has 0 aromatic carbocycles. The zero-order valence-electron chi connectivity index (χ0n) is 12.3. The fourth-order valence-corrected chi connectivity index (χ4v) is 2.48. The molecule has 2 nitrogen and oxygen atoms in total. The van der Waals surface area contributed by atoms with Gasteiger partial charge in [-0.3, -0.25) is 0 Å². The molecule has 0 radical (unpaired) electrons. The molecule has 108 valence electrons. The number of hydrogen-bond donors (Lipinski definition) is 0. The van der Waals surface area contributed by atoms with Crippen molar-refractivity contribution in [2.45, 2.75) is 58.3 Å². The van der Waals surface area contributed by atoms with Crippen molar-refractivity contribution >= 4 is 11.8 Å². The summed E-state index contributed by atoms with van der Waals surface area (Å²) in [5, 5.41) is 10.7. The minimum atomic E-state index is 0. The molecule has 0 aliphatic rings. The number of rotatable bonds is 11. The van der Waals surface area contributed by atoms with Crippen molar-refractivity contribution in [2.75, 3.05) is 26.5 Å². The average molecular weight is 293 g/mol. The first-order valence-electron chi connectivity index (χ1n) is 6.95. The SMILES string of the molecule is CCCCCCCCCC[N+](C)(C)CSC#N.[Cl-]. The predicted octanol–water partition coefficient (Wildman–Crippen LogP) is 1.38. The Labute approximate surface area is 124 Å². The molecule has 0 aromatic heterocycles. The Kier molecular flexibility index (Phi) is 15.3. The molecule has 4 heteroatoms. The second kappa shape index (κ2) is 13.5. The Balaban J connectivity index is 0. The molecule has 0 aromatic rings. The molecule has 0 unspecified atom stereocenters. The molecule has 0 heterocycles. The van der Waals surface area contributed by atoms with Gasteiger partial charge in [0.05, 0.1) is 20.6 Å². The molecule has 0 saturated heterocycles. The number of hydrogen-bond acceptors (Lipinski definition) is 2. The lowest BCUT2D eigenvalue weighted by Crippen LogP contribution is -3.00. The van der Waals surface area contributed by atoms with E-state index in [0.29, 0.717) is 0 Å². The number of nitriles is 1. The van der Waals surface area contributed by atoms with Crippen molar-refractivity contribution in [3.63, 3.8) is 0 Å². The summed E-state index contributed by atoms with van der Waals surface area (Å²) in [5.41, 5.74) is 0. The number of quaternary nitrogens is 1. The molecule has 0 spiro atoms. The normalized spacial score (nSPS) is 10.8. The quantitative estimate of drug-likeness (QED) is 0.249. The largest absolute Gasteiger partial charge is 1.00 e. The van der Waals surface area contributed by atoms with Gasteiger partial charge in [-0.25, -0.2) is 0 Å². The van der Waals surface area contributed by atoms with Gasteiger partial charge >= 0.3 is 0 Å². The first kappa shape index (κ1) is 20.4. The van der Waals surface area contributed by atoms with Gasteiger partial charge in [0.15, 0.2) is 0 Å². The van der Waals surface area contributed by atoms with E-state index in [9.17, 15) is 0 Å². The van der Waals surface area contributed by atoms with Crippen molar-refractivity contribution in [1.29, 1.82) is 5.26 Å². The predicted molar refractivity (Wildman–Crippen MR) is 77.7 cm³/mol. The molecule has 0 fully saturated rings. The zero-order chi connectivity index (χ0) is 13.0. The highest BCUT2D eigenvalue weighted by Gasteiger charge is 2.13. The first-order valence-corrected chi connectivity index (χ1v) is 7.94. The Morgan fingerprint density at radius 3 is 1.94 bits per heavy atom. The summed E-state index contributed by atoms with van der Waals surface area (Å²) in [6.07, 6.45) is 11.0. The third-order valence-electron chi connectivity index (χ3n) is 3.10. The Hall–Kier alpha value is 0.0900. The van der Waals surface area contributed by atoms with E-state index >= 15 is 0 Å². The standard InChI is InChI=1S/C14H29N2S.ClH/c1-4-5-6-7-8-9-10-11-12-16(2,3)14-17-13-15;/h4-12,14H2,1-3H3;1H/q+1;/p-1. The fourth-order valence-electron chi connectivity index (χ4n) is 1.94. The van der Waals surface area contributed by atoms with Crippen LogP contribution in [-0.2, 0) is 0 Å². The molecule has 0 N–H and O–H groups in total. The minimum absolute atomic E-state index is 0. The Bertz CT molecular complexity index is 214. The minimum Gasteiger partial charge on any atom is -1.00 e. The van der Waals surface area contributed by atoms with E-state index in [1.807, 2.05) is 0 Å². The van der Waals surface area contributed by atoms with Crippen LogP contribution in [0, 0.1) is 10.7 Å². The van der Waals surface area contributed by atoms with Crippen LogP contribution in [0.2, 0.25) is 0 Å². The van der Waals surface area contributed by atoms with Crippen LogP contribution in [0.5, 0.6) is 0 Å². The number of thioether (sulfide) groups is 1. The summed E-state index contributed by atoms with van der Waals surface area (Å²) in [6.45, 7) is 3.46. The van der Waals surface area contributed by atoms with Gasteiger partial charge in [0.2, 0.25) is 0 Å². The maximum atomic E-state index is 8.54. The summed E-state index contributed by atoms with van der Waals surface area (Å²) >= 11 is 1.37. The molecule has 0 saturated carbocycles. The molecular formula is C14H29ClN2S. The third kappa shape index (κ3) is 14.2. The molecule has 0 bridgehead atoms. The van der Waals surface area contributed by atoms with E-state index in [4.69, 9.17) is 5.26 Å². The van der Waals surface area contributed by atoms with E-state index in [0.717, 1.165) is 10.4 Å². The lowest BCUT2D eigenvalue weighted by atomic mass is 10.1. The van der Waals surface area contributed by atoms with E-state index in [1.54, 1.807) is 0 Å². The second-order valence-corrected chi connectivity index (χ2v) is 6.23. The number of thiocyanates is 1. The van der Waals surface area contributed by atoms with Crippen molar-refractivity contribution in [3.8, 4) is 5.40 Å². The van der Waals surface area contributed by atoms with Crippen LogP contribution in [0.3, 0.4) is 0 Å². The van der Waals surface area contributed by atoms with E-state index in [-0.39, 0.29) is 12.4 Å². The highest BCUT2D eigenvalue weighted by molar-refractivity contribution is 8.03. The van der Waals surface area contributed by atoms with Gasteiger partial charge in [-0.1, -0.05) is 45.4 Å². The van der Waals surface area contributed by atoms with E-state index in [2.05, 4.69) is 26.4 Å². The van der Waals surface area contributed by atoms with Crippen LogP contribution in [0.1, 0.15) is 58.3 Å². The lowest BCUT2D eigenvalue weighted by molar-refractivity contribution is -0.877. The van der Waals surface area contributed by atoms with E-state index < -0.39 is 0 Å². The summed E-state index contributed by atoms with van der Waals surface area (Å²) in [4.78, 5) is 0. The van der Waals surface area contributed by atoms with Crippen LogP contribution >= 0.6 is 11.8 Å². The van der Waals surface area contributed by atoms with Crippen LogP contribution in [-0.4, -0.2) is 31.0 Å². The average Bonchev–Trinajstić information content (AvgIpc) is 2.30. The molecule has 0 amide bonds. The molecule has 18 heavy (non-hydrogen) atoms. The maximum absolute atomic E-state index is 8.54. The molecular weight excluding hydrogens is 264 g/mol. The summed E-state index contributed by atoms with van der Waals surface area (Å²) in [5.74, 6) is 0.910. The number of unbranched alkanes of at least 4 members (excludes halogenated alkanes) is 7. The molecule has 0 atom stereocenters. The lowest BCUT2D eigenvalue weighted by Gasteiger charge is -2.28. The van der Waals surface area contributed by atoms with Gasteiger partial charge in [0.25, 0.3) is 0 Å². The molecule has 0 aliphatic heterocycles. The van der Waals surface area contributed by atoms with E-state index in [1.165, 1.54) is 69.7 Å². The van der Waals surface area contributed by atoms with Crippen LogP contribution in [0.25, 0.3) is 0 Å². The van der Waals surface area contributed by atoms with Crippen molar-refractivity contribution < 1.29 is 16.9 Å². The summed E-state index contributed by atoms with van der Waals surface area (Å²) in [6, 6.07) is 0. The van der Waals surface area contributed by atoms with Crippen molar-refractivity contribution in [3.05, 3.63) is 0 Å². The number of nitrogens with zero attached hydrogens (tertiary/aromatic N) is 2. The van der Waals surface area contributed by atoms with Crippen molar-refractivity contribution in [2.24, 2.45) is 0 Å². The highest BCUT2D eigenvalue weighted by atomic mass is 35.5. The monoisotopic (exact) mass is 292 g/mol. The molecule has 0 aliphatic carbocycles. The van der Waals surface area contributed by atoms with Crippen molar-refractivity contribution in [1.82, 2.24) is 0 Å². The molecule has 0 rings (SSSR count). The summed E-state index contributed by atoms with van der Waals surface area (Å²) in [7, 11) is 4.43. The van der Waals surface area contributed by atoms with Crippen LogP contribution in [0.15, 0.2) is 0 Å². The Morgan fingerprint density at radius 1 is 0.944 bits per heavy atom. The zero-order valence-corrected chi connectivity index (χ0v) is 13.8. The van der Waals surface area contributed by atoms with Gasteiger partial charge in [-0.2, -0.15) is 5.26 Å². The van der Waals surface area contributed by atoms with Gasteiger partial charge in [0.1, 0.15) is 11.3 Å². The van der Waals surface area contributed by atoms with Gasteiger partial charge in [0, 0.05) is 11.8 Å². The number of halogens is 1. The maximum Gasteiger partial charge on any atom is 0.139 e. The Morgan fingerprint density at radius 2 is 1.44 bits per heavy atom. The van der Waals surface area contributed by atoms with Crippen LogP contribution < -0.4 is 12.4 Å². The fraction of sp³-hybridized carbons (Fsp3) is 0.929. The first-order chi connectivity index (χ1) is 8.12. The highest BCUT2D eigenvalue weighted by Crippen LogP contribution is 2.12. The van der Waals surface area contributed by atoms with Gasteiger partial charge in [-0.05, 0) is 12.8 Å². The summed E-state index contributed by atoms with van der Waals surface area (Å²) < 4.78 is 0.966. The van der Waals surface area contributed by atoms with Gasteiger partial charge in [-0.15, -0.1) is 0 Å².